The van der Waals surface area contributed by atoms with Crippen LogP contribution in [0.15, 0.2) is 30.3 Å². The minimum absolute atomic E-state index is 0.0967. The van der Waals surface area contributed by atoms with Gasteiger partial charge in [0.1, 0.15) is 24.9 Å². The Bertz CT molecular complexity index is 486. The number of hydrogen-bond acceptors (Lipinski definition) is 6. The van der Waals surface area contributed by atoms with Gasteiger partial charge in [-0.1, -0.05) is 30.3 Å². The Balaban J connectivity index is 2.33. The molecule has 6 nitrogen and oxygen atoms in total. The van der Waals surface area contributed by atoms with E-state index >= 15 is 0 Å². The third kappa shape index (κ3) is 6.67. The van der Waals surface area contributed by atoms with Gasteiger partial charge >= 0.3 is 11.9 Å². The number of carbonyl (C=O) groups excluding carboxylic acids is 3. The molecule has 0 heterocycles. The van der Waals surface area contributed by atoms with E-state index in [1.807, 2.05) is 30.3 Å². The molecule has 0 aliphatic heterocycles. The first-order valence-corrected chi connectivity index (χ1v) is 6.66. The molecule has 0 aliphatic rings. The minimum Gasteiger partial charge on any atom is -0.466 e. The molecule has 0 fully saturated rings. The summed E-state index contributed by atoms with van der Waals surface area (Å²) in [5.74, 6) is -1.74. The van der Waals surface area contributed by atoms with E-state index in [4.69, 9.17) is 10.5 Å². The van der Waals surface area contributed by atoms with Crippen LogP contribution in [-0.4, -0.2) is 30.4 Å². The van der Waals surface area contributed by atoms with Gasteiger partial charge in [0.2, 0.25) is 0 Å². The molecular weight excluding hydrogens is 274 g/mol. The fraction of sp³-hybridized carbons (Fsp3) is 0.400. The Hall–Kier alpha value is -2.21. The number of nitrogens with two attached hydrogens (primary N) is 1. The maximum absolute atomic E-state index is 11.6. The lowest BCUT2D eigenvalue weighted by molar-refractivity contribution is -0.150. The van der Waals surface area contributed by atoms with Crippen molar-refractivity contribution >= 4 is 17.7 Å². The van der Waals surface area contributed by atoms with Crippen LogP contribution >= 0.6 is 0 Å². The van der Waals surface area contributed by atoms with Crippen LogP contribution in [0.25, 0.3) is 0 Å². The molecular formula is C15H19NO5. The van der Waals surface area contributed by atoms with Crippen molar-refractivity contribution in [2.45, 2.75) is 32.4 Å². The molecule has 0 saturated heterocycles. The fourth-order valence-corrected chi connectivity index (χ4v) is 1.61. The van der Waals surface area contributed by atoms with E-state index in [0.29, 0.717) is 0 Å². The number of benzene rings is 1. The second-order valence-electron chi connectivity index (χ2n) is 4.42. The molecule has 114 valence electrons. The number of hydrogen-bond donors (Lipinski definition) is 1. The fourth-order valence-electron chi connectivity index (χ4n) is 1.61. The minimum atomic E-state index is -1.07. The van der Waals surface area contributed by atoms with Crippen LogP contribution in [0.4, 0.5) is 0 Å². The lowest BCUT2D eigenvalue weighted by atomic mass is 10.1. The summed E-state index contributed by atoms with van der Waals surface area (Å²) in [6.45, 7) is 1.95. The molecule has 1 atom stereocenters. The van der Waals surface area contributed by atoms with Crippen molar-refractivity contribution in [3.63, 3.8) is 0 Å². The molecule has 0 aliphatic carbocycles. The molecule has 2 N–H and O–H groups in total. The van der Waals surface area contributed by atoms with Gasteiger partial charge in [0.15, 0.2) is 0 Å². The second-order valence-corrected chi connectivity index (χ2v) is 4.42. The van der Waals surface area contributed by atoms with Crippen molar-refractivity contribution in [2.75, 3.05) is 6.61 Å². The summed E-state index contributed by atoms with van der Waals surface area (Å²) in [6, 6.07) is 8.05. The van der Waals surface area contributed by atoms with Gasteiger partial charge in [-0.15, -0.1) is 0 Å². The normalized spacial score (nSPS) is 11.5. The molecule has 1 aromatic carbocycles. The average Bonchev–Trinajstić information content (AvgIpc) is 2.45. The molecule has 0 amide bonds. The van der Waals surface area contributed by atoms with Crippen LogP contribution in [0.3, 0.4) is 0 Å². The average molecular weight is 293 g/mol. The Morgan fingerprint density at radius 3 is 2.43 bits per heavy atom. The SMILES string of the molecule is CCOC(=O)CC(=O)CC(N)C(=O)OCc1ccccc1. The third-order valence-corrected chi connectivity index (χ3v) is 2.62. The standard InChI is InChI=1S/C15H19NO5/c1-2-20-14(18)9-12(17)8-13(16)15(19)21-10-11-6-4-3-5-7-11/h3-7,13H,2,8-10,16H2,1H3. The summed E-state index contributed by atoms with van der Waals surface area (Å²) in [5.41, 5.74) is 6.41. The van der Waals surface area contributed by atoms with Gasteiger partial charge in [-0.05, 0) is 12.5 Å². The lowest BCUT2D eigenvalue weighted by Gasteiger charge is -2.10. The van der Waals surface area contributed by atoms with Gasteiger partial charge in [-0.25, -0.2) is 0 Å². The predicted molar refractivity (Wildman–Crippen MR) is 75.1 cm³/mol. The van der Waals surface area contributed by atoms with Crippen LogP contribution in [0.5, 0.6) is 0 Å². The Labute approximate surface area is 123 Å². The topological polar surface area (TPSA) is 95.7 Å². The van der Waals surface area contributed by atoms with Crippen LogP contribution in [-0.2, 0) is 30.5 Å². The molecule has 1 aromatic rings. The Morgan fingerprint density at radius 2 is 1.81 bits per heavy atom. The molecule has 1 rings (SSSR count). The Morgan fingerprint density at radius 1 is 1.14 bits per heavy atom. The maximum Gasteiger partial charge on any atom is 0.323 e. The molecule has 0 saturated carbocycles. The van der Waals surface area contributed by atoms with Crippen molar-refractivity contribution in [3.8, 4) is 0 Å². The highest BCUT2D eigenvalue weighted by atomic mass is 16.5. The summed E-state index contributed by atoms with van der Waals surface area (Å²) in [6.07, 6.45) is -0.625. The van der Waals surface area contributed by atoms with Crippen molar-refractivity contribution in [3.05, 3.63) is 35.9 Å². The summed E-state index contributed by atoms with van der Waals surface area (Å²) in [5, 5.41) is 0. The van der Waals surface area contributed by atoms with Gasteiger partial charge in [-0.2, -0.15) is 0 Å². The van der Waals surface area contributed by atoms with Crippen molar-refractivity contribution in [1.29, 1.82) is 0 Å². The van der Waals surface area contributed by atoms with Gasteiger partial charge in [0.25, 0.3) is 0 Å². The Kier molecular flexibility index (Phi) is 7.11. The summed E-state index contributed by atoms with van der Waals surface area (Å²) < 4.78 is 9.65. The molecule has 6 heteroatoms. The predicted octanol–water partition coefficient (Wildman–Crippen LogP) is 0.970. The summed E-state index contributed by atoms with van der Waals surface area (Å²) in [7, 11) is 0. The number of Topliss-reactive ketones (excluding diaryl/α,β-unsaturated/α-hetero) is 1. The highest BCUT2D eigenvalue weighted by molar-refractivity contribution is 5.97. The first kappa shape index (κ1) is 16.8. The molecule has 1 unspecified atom stereocenters. The van der Waals surface area contributed by atoms with Gasteiger partial charge in [0.05, 0.1) is 6.61 Å². The van der Waals surface area contributed by atoms with E-state index < -0.39 is 23.8 Å². The maximum atomic E-state index is 11.6. The van der Waals surface area contributed by atoms with E-state index in [9.17, 15) is 14.4 Å². The summed E-state index contributed by atoms with van der Waals surface area (Å²) in [4.78, 5) is 34.3. The van der Waals surface area contributed by atoms with Crippen LogP contribution in [0.1, 0.15) is 25.3 Å². The molecule has 0 spiro atoms. The van der Waals surface area contributed by atoms with E-state index in [1.165, 1.54) is 0 Å². The zero-order chi connectivity index (χ0) is 15.7. The highest BCUT2D eigenvalue weighted by Gasteiger charge is 2.21. The number of ether oxygens (including phenoxy) is 2. The number of rotatable bonds is 8. The van der Waals surface area contributed by atoms with E-state index in [0.717, 1.165) is 5.56 Å². The third-order valence-electron chi connectivity index (χ3n) is 2.62. The van der Waals surface area contributed by atoms with Gasteiger partial charge < -0.3 is 15.2 Å². The van der Waals surface area contributed by atoms with E-state index in [1.54, 1.807) is 6.92 Å². The van der Waals surface area contributed by atoms with Crippen LogP contribution < -0.4 is 5.73 Å². The monoisotopic (exact) mass is 293 g/mol. The van der Waals surface area contributed by atoms with Crippen molar-refractivity contribution in [2.24, 2.45) is 5.73 Å². The van der Waals surface area contributed by atoms with Crippen molar-refractivity contribution < 1.29 is 23.9 Å². The lowest BCUT2D eigenvalue weighted by Crippen LogP contribution is -2.35. The largest absolute Gasteiger partial charge is 0.466 e. The smallest absolute Gasteiger partial charge is 0.323 e. The van der Waals surface area contributed by atoms with E-state index in [2.05, 4.69) is 4.74 Å². The quantitative estimate of drug-likeness (QED) is 0.567. The molecule has 0 radical (unpaired) electrons. The first-order valence-electron chi connectivity index (χ1n) is 6.66. The number of esters is 2. The number of carbonyl (C=O) groups is 3. The molecule has 21 heavy (non-hydrogen) atoms. The van der Waals surface area contributed by atoms with Crippen LogP contribution in [0.2, 0.25) is 0 Å². The summed E-state index contributed by atoms with van der Waals surface area (Å²) >= 11 is 0. The van der Waals surface area contributed by atoms with Crippen molar-refractivity contribution in [1.82, 2.24) is 0 Å². The second kappa shape index (κ2) is 8.86. The van der Waals surface area contributed by atoms with Gasteiger partial charge in [-0.3, -0.25) is 14.4 Å². The van der Waals surface area contributed by atoms with Gasteiger partial charge in [0, 0.05) is 6.42 Å². The molecule has 0 bridgehead atoms. The number of ketones is 1. The highest BCUT2D eigenvalue weighted by Crippen LogP contribution is 2.04. The van der Waals surface area contributed by atoms with Crippen LogP contribution in [0, 0.1) is 0 Å². The zero-order valence-electron chi connectivity index (χ0n) is 11.9. The first-order chi connectivity index (χ1) is 10.0. The molecule has 0 aromatic heterocycles. The zero-order valence-corrected chi connectivity index (χ0v) is 11.9. The van der Waals surface area contributed by atoms with E-state index in [-0.39, 0.29) is 26.1 Å².